The van der Waals surface area contributed by atoms with E-state index in [2.05, 4.69) is 5.32 Å². The molecule has 1 amide bonds. The standard InChI is InChI=1S/C19H19N3O4/c1-4-26-16-8-6-5-7-13(16)17(23)20-12-9-10-14-15(11-12)22(3)19(25)18(24)21(14)2/h5-11H,4H2,1-3H3,(H,20,23). The predicted molar refractivity (Wildman–Crippen MR) is 100.0 cm³/mol. The Morgan fingerprint density at radius 2 is 1.65 bits per heavy atom. The molecule has 2 aromatic carbocycles. The van der Waals surface area contributed by atoms with E-state index >= 15 is 0 Å². The van der Waals surface area contributed by atoms with Gasteiger partial charge in [-0.05, 0) is 37.3 Å². The summed E-state index contributed by atoms with van der Waals surface area (Å²) in [5, 5.41) is 2.81. The molecule has 3 aromatic rings. The number of nitrogens with one attached hydrogen (secondary N) is 1. The van der Waals surface area contributed by atoms with Gasteiger partial charge < -0.3 is 19.2 Å². The third kappa shape index (κ3) is 2.99. The lowest BCUT2D eigenvalue weighted by atomic mass is 10.1. The molecule has 7 heteroatoms. The van der Waals surface area contributed by atoms with E-state index in [9.17, 15) is 14.4 Å². The molecular weight excluding hydrogens is 334 g/mol. The smallest absolute Gasteiger partial charge is 0.316 e. The lowest BCUT2D eigenvalue weighted by Crippen LogP contribution is -2.39. The molecule has 1 aromatic heterocycles. The van der Waals surface area contributed by atoms with E-state index in [1.54, 1.807) is 49.5 Å². The average molecular weight is 353 g/mol. The van der Waals surface area contributed by atoms with Crippen LogP contribution in [0.15, 0.2) is 52.1 Å². The Labute approximate surface area is 149 Å². The number of benzene rings is 2. The normalized spacial score (nSPS) is 10.7. The molecule has 0 aliphatic heterocycles. The van der Waals surface area contributed by atoms with E-state index in [0.717, 1.165) is 0 Å². The zero-order valence-corrected chi connectivity index (χ0v) is 14.8. The number of ether oxygens (including phenoxy) is 1. The van der Waals surface area contributed by atoms with E-state index in [0.29, 0.717) is 34.6 Å². The van der Waals surface area contributed by atoms with Gasteiger partial charge in [-0.25, -0.2) is 0 Å². The highest BCUT2D eigenvalue weighted by Crippen LogP contribution is 2.21. The summed E-state index contributed by atoms with van der Waals surface area (Å²) >= 11 is 0. The number of hydrogen-bond donors (Lipinski definition) is 1. The lowest BCUT2D eigenvalue weighted by Gasteiger charge is -2.13. The van der Waals surface area contributed by atoms with E-state index < -0.39 is 11.1 Å². The Balaban J connectivity index is 2.01. The second kappa shape index (κ2) is 6.87. The maximum atomic E-state index is 12.6. The summed E-state index contributed by atoms with van der Waals surface area (Å²) in [6, 6.07) is 12.0. The molecule has 0 atom stereocenters. The van der Waals surface area contributed by atoms with Gasteiger partial charge in [-0.2, -0.15) is 0 Å². The van der Waals surface area contributed by atoms with Gasteiger partial charge in [0.05, 0.1) is 23.2 Å². The van der Waals surface area contributed by atoms with Crippen LogP contribution in [0.25, 0.3) is 11.0 Å². The third-order valence-electron chi connectivity index (χ3n) is 4.18. The topological polar surface area (TPSA) is 82.3 Å². The van der Waals surface area contributed by atoms with Gasteiger partial charge in [0, 0.05) is 19.8 Å². The van der Waals surface area contributed by atoms with Gasteiger partial charge in [-0.15, -0.1) is 0 Å². The number of para-hydroxylation sites is 1. The number of aryl methyl sites for hydroxylation is 2. The van der Waals surface area contributed by atoms with E-state index in [1.807, 2.05) is 6.92 Å². The van der Waals surface area contributed by atoms with Crippen molar-refractivity contribution in [3.05, 3.63) is 68.7 Å². The van der Waals surface area contributed by atoms with Crippen LogP contribution >= 0.6 is 0 Å². The van der Waals surface area contributed by atoms with Crippen molar-refractivity contribution < 1.29 is 9.53 Å². The molecule has 0 aliphatic rings. The number of aromatic nitrogens is 2. The summed E-state index contributed by atoms with van der Waals surface area (Å²) in [6.45, 7) is 2.30. The maximum absolute atomic E-state index is 12.6. The van der Waals surface area contributed by atoms with E-state index in [4.69, 9.17) is 4.74 Å². The van der Waals surface area contributed by atoms with Crippen molar-refractivity contribution in [3.8, 4) is 5.75 Å². The molecule has 3 rings (SSSR count). The van der Waals surface area contributed by atoms with Crippen LogP contribution < -0.4 is 21.2 Å². The van der Waals surface area contributed by atoms with Gasteiger partial charge in [0.15, 0.2) is 0 Å². The van der Waals surface area contributed by atoms with Crippen molar-refractivity contribution in [1.29, 1.82) is 0 Å². The van der Waals surface area contributed by atoms with Gasteiger partial charge in [-0.1, -0.05) is 12.1 Å². The first-order chi connectivity index (χ1) is 12.4. The quantitative estimate of drug-likeness (QED) is 0.726. The number of carbonyl (C=O) groups excluding carboxylic acids is 1. The van der Waals surface area contributed by atoms with Gasteiger partial charge in [0.1, 0.15) is 5.75 Å². The molecule has 0 spiro atoms. The fourth-order valence-corrected chi connectivity index (χ4v) is 2.79. The first-order valence-electron chi connectivity index (χ1n) is 8.17. The Hall–Kier alpha value is -3.35. The molecule has 0 unspecified atom stereocenters. The number of amides is 1. The number of anilines is 1. The molecule has 0 aliphatic carbocycles. The molecule has 0 saturated heterocycles. The minimum absolute atomic E-state index is 0.316. The van der Waals surface area contributed by atoms with Crippen LogP contribution in [0, 0.1) is 0 Å². The summed E-state index contributed by atoms with van der Waals surface area (Å²) in [6.07, 6.45) is 0. The van der Waals surface area contributed by atoms with Gasteiger partial charge in [0.25, 0.3) is 5.91 Å². The number of nitrogens with zero attached hydrogens (tertiary/aromatic N) is 2. The van der Waals surface area contributed by atoms with Crippen molar-refractivity contribution in [1.82, 2.24) is 9.13 Å². The Bertz CT molecular complexity index is 1110. The number of carbonyl (C=O) groups is 1. The number of hydrogen-bond acceptors (Lipinski definition) is 4. The van der Waals surface area contributed by atoms with Crippen molar-refractivity contribution in [2.24, 2.45) is 14.1 Å². The van der Waals surface area contributed by atoms with Crippen LogP contribution in [0.3, 0.4) is 0 Å². The predicted octanol–water partition coefficient (Wildman–Crippen LogP) is 1.89. The minimum atomic E-state index is -0.620. The largest absolute Gasteiger partial charge is 0.493 e. The summed E-state index contributed by atoms with van der Waals surface area (Å²) in [5.41, 5.74) is 0.872. The molecule has 0 radical (unpaired) electrons. The van der Waals surface area contributed by atoms with Gasteiger partial charge in [0.2, 0.25) is 0 Å². The first kappa shape index (κ1) is 17.5. The molecule has 0 saturated carbocycles. The highest BCUT2D eigenvalue weighted by atomic mass is 16.5. The van der Waals surface area contributed by atoms with Crippen LogP contribution in [-0.2, 0) is 14.1 Å². The van der Waals surface area contributed by atoms with Gasteiger partial charge >= 0.3 is 11.1 Å². The highest BCUT2D eigenvalue weighted by Gasteiger charge is 2.14. The monoisotopic (exact) mass is 353 g/mol. The fraction of sp³-hybridized carbons (Fsp3) is 0.211. The van der Waals surface area contributed by atoms with Crippen LogP contribution in [0.5, 0.6) is 5.75 Å². The van der Waals surface area contributed by atoms with Gasteiger partial charge in [-0.3, -0.25) is 14.4 Å². The van der Waals surface area contributed by atoms with Crippen LogP contribution in [0.2, 0.25) is 0 Å². The Morgan fingerprint density at radius 3 is 2.35 bits per heavy atom. The number of rotatable bonds is 4. The SMILES string of the molecule is CCOc1ccccc1C(=O)Nc1ccc2c(c1)n(C)c(=O)c(=O)n2C. The molecule has 0 fully saturated rings. The van der Waals surface area contributed by atoms with Crippen molar-refractivity contribution in [2.75, 3.05) is 11.9 Å². The van der Waals surface area contributed by atoms with Crippen molar-refractivity contribution in [3.63, 3.8) is 0 Å². The Morgan fingerprint density at radius 1 is 1.00 bits per heavy atom. The zero-order valence-electron chi connectivity index (χ0n) is 14.8. The molecule has 134 valence electrons. The van der Waals surface area contributed by atoms with Crippen molar-refractivity contribution >= 4 is 22.6 Å². The first-order valence-corrected chi connectivity index (χ1v) is 8.17. The molecule has 1 heterocycles. The third-order valence-corrected chi connectivity index (χ3v) is 4.18. The zero-order chi connectivity index (χ0) is 18.8. The second-order valence-electron chi connectivity index (χ2n) is 5.82. The van der Waals surface area contributed by atoms with Crippen LogP contribution in [0.1, 0.15) is 17.3 Å². The van der Waals surface area contributed by atoms with Crippen LogP contribution in [0.4, 0.5) is 5.69 Å². The molecule has 26 heavy (non-hydrogen) atoms. The molecule has 1 N–H and O–H groups in total. The summed E-state index contributed by atoms with van der Waals surface area (Å²) in [4.78, 5) is 36.5. The second-order valence-corrected chi connectivity index (χ2v) is 5.82. The summed E-state index contributed by atoms with van der Waals surface area (Å²) in [5.74, 6) is 0.186. The molecule has 0 bridgehead atoms. The molecular formula is C19H19N3O4. The molecule has 7 nitrogen and oxygen atoms in total. The number of fused-ring (bicyclic) bond motifs is 1. The van der Waals surface area contributed by atoms with E-state index in [-0.39, 0.29) is 5.91 Å². The fourth-order valence-electron chi connectivity index (χ4n) is 2.79. The summed E-state index contributed by atoms with van der Waals surface area (Å²) < 4.78 is 8.06. The lowest BCUT2D eigenvalue weighted by molar-refractivity contribution is 0.102. The summed E-state index contributed by atoms with van der Waals surface area (Å²) in [7, 11) is 3.07. The highest BCUT2D eigenvalue weighted by molar-refractivity contribution is 6.06. The van der Waals surface area contributed by atoms with Crippen molar-refractivity contribution in [2.45, 2.75) is 6.92 Å². The van der Waals surface area contributed by atoms with Crippen LogP contribution in [-0.4, -0.2) is 21.6 Å². The average Bonchev–Trinajstić information content (AvgIpc) is 2.65. The Kier molecular flexibility index (Phi) is 4.62. The van der Waals surface area contributed by atoms with E-state index in [1.165, 1.54) is 16.2 Å². The minimum Gasteiger partial charge on any atom is -0.493 e. The maximum Gasteiger partial charge on any atom is 0.316 e.